The second kappa shape index (κ2) is 1.88. The number of hydrogen-bond donors (Lipinski definition) is 1. The minimum atomic E-state index is 0.274. The summed E-state index contributed by atoms with van der Waals surface area (Å²) in [6.07, 6.45) is 0.935. The van der Waals surface area contributed by atoms with Gasteiger partial charge in [0.25, 0.3) is 0 Å². The number of nitrogens with zero attached hydrogens (tertiary/aromatic N) is 1. The summed E-state index contributed by atoms with van der Waals surface area (Å²) >= 11 is 5.96. The first-order valence-electron chi connectivity index (χ1n) is 3.66. The third-order valence-electron chi connectivity index (χ3n) is 2.45. The summed E-state index contributed by atoms with van der Waals surface area (Å²) in [5, 5.41) is 0.274. The SMILES string of the molecule is C[C@H]1CC(N)=NC2C1[C@H]2Cl. The van der Waals surface area contributed by atoms with Crippen molar-refractivity contribution in [3.63, 3.8) is 0 Å². The third-order valence-corrected chi connectivity index (χ3v) is 3.00. The Balaban J connectivity index is 2.18. The lowest BCUT2D eigenvalue weighted by molar-refractivity contribution is 0.499. The van der Waals surface area contributed by atoms with Gasteiger partial charge in [-0.15, -0.1) is 11.6 Å². The maximum atomic E-state index is 5.96. The van der Waals surface area contributed by atoms with E-state index in [9.17, 15) is 0 Å². The fourth-order valence-corrected chi connectivity index (χ4v) is 2.34. The molecule has 0 radical (unpaired) electrons. The van der Waals surface area contributed by atoms with Gasteiger partial charge in [0.15, 0.2) is 0 Å². The summed E-state index contributed by atoms with van der Waals surface area (Å²) in [6, 6.07) is 0.352. The monoisotopic (exact) mass is 158 g/mol. The fraction of sp³-hybridized carbons (Fsp3) is 0.857. The molecule has 10 heavy (non-hydrogen) atoms. The van der Waals surface area contributed by atoms with Gasteiger partial charge in [0.2, 0.25) is 0 Å². The number of rotatable bonds is 0. The predicted molar refractivity (Wildman–Crippen MR) is 42.3 cm³/mol. The van der Waals surface area contributed by atoms with E-state index in [-0.39, 0.29) is 5.38 Å². The van der Waals surface area contributed by atoms with Crippen molar-refractivity contribution in [2.45, 2.75) is 24.8 Å². The van der Waals surface area contributed by atoms with Gasteiger partial charge in [0.1, 0.15) is 0 Å². The Hall–Kier alpha value is -0.240. The number of amidine groups is 1. The van der Waals surface area contributed by atoms with Gasteiger partial charge >= 0.3 is 0 Å². The molecule has 2 unspecified atom stereocenters. The van der Waals surface area contributed by atoms with Gasteiger partial charge in [0.05, 0.1) is 17.3 Å². The summed E-state index contributed by atoms with van der Waals surface area (Å²) in [4.78, 5) is 4.25. The zero-order chi connectivity index (χ0) is 7.30. The van der Waals surface area contributed by atoms with Crippen molar-refractivity contribution in [1.82, 2.24) is 0 Å². The van der Waals surface area contributed by atoms with Gasteiger partial charge in [0, 0.05) is 12.3 Å². The Bertz CT molecular complexity index is 190. The highest BCUT2D eigenvalue weighted by atomic mass is 35.5. The maximum Gasteiger partial charge on any atom is 0.0944 e. The van der Waals surface area contributed by atoms with Crippen LogP contribution < -0.4 is 5.73 Å². The van der Waals surface area contributed by atoms with Crippen LogP contribution in [0.4, 0.5) is 0 Å². The maximum absolute atomic E-state index is 5.96. The second-order valence-corrected chi connectivity index (χ2v) is 3.82. The number of hydrogen-bond acceptors (Lipinski definition) is 2. The van der Waals surface area contributed by atoms with Crippen LogP contribution in [0.3, 0.4) is 0 Å². The Kier molecular flexibility index (Phi) is 1.21. The zero-order valence-electron chi connectivity index (χ0n) is 5.92. The first-order valence-corrected chi connectivity index (χ1v) is 4.10. The molecule has 2 N–H and O–H groups in total. The molecule has 2 rings (SSSR count). The molecule has 4 atom stereocenters. The number of halogens is 1. The van der Waals surface area contributed by atoms with E-state index in [2.05, 4.69) is 11.9 Å². The minimum Gasteiger partial charge on any atom is -0.387 e. The number of aliphatic imine (C=N–C) groups is 1. The molecule has 1 fully saturated rings. The van der Waals surface area contributed by atoms with Gasteiger partial charge in [-0.25, -0.2) is 0 Å². The largest absolute Gasteiger partial charge is 0.387 e. The van der Waals surface area contributed by atoms with Crippen LogP contribution in [0.1, 0.15) is 13.3 Å². The second-order valence-electron chi connectivity index (χ2n) is 3.31. The lowest BCUT2D eigenvalue weighted by Crippen LogP contribution is -2.22. The molecule has 0 aromatic rings. The van der Waals surface area contributed by atoms with Crippen LogP contribution in [0.25, 0.3) is 0 Å². The van der Waals surface area contributed by atoms with Gasteiger partial charge < -0.3 is 5.73 Å². The molecule has 2 aliphatic rings. The quantitative estimate of drug-likeness (QED) is 0.525. The standard InChI is InChI=1S/C7H11ClN2/c1-3-2-4(9)10-7-5(3)6(7)8/h3,5-7H,2H2,1H3,(H2,9,10)/t3-,5?,6+,7?/m0/s1. The van der Waals surface area contributed by atoms with E-state index in [1.54, 1.807) is 0 Å². The molecule has 0 spiro atoms. The van der Waals surface area contributed by atoms with Crippen LogP contribution in [0, 0.1) is 11.8 Å². The molecular weight excluding hydrogens is 148 g/mol. The molecule has 0 amide bonds. The molecule has 3 heteroatoms. The number of fused-ring (bicyclic) bond motifs is 1. The van der Waals surface area contributed by atoms with Crippen molar-refractivity contribution in [3.8, 4) is 0 Å². The summed E-state index contributed by atoms with van der Waals surface area (Å²) in [5.74, 6) is 2.05. The van der Waals surface area contributed by atoms with Gasteiger partial charge in [-0.3, -0.25) is 4.99 Å². The smallest absolute Gasteiger partial charge is 0.0944 e. The number of nitrogens with two attached hydrogens (primary N) is 1. The molecule has 0 aromatic carbocycles. The van der Waals surface area contributed by atoms with E-state index < -0.39 is 0 Å². The van der Waals surface area contributed by atoms with Gasteiger partial charge in [-0.2, -0.15) is 0 Å². The van der Waals surface area contributed by atoms with E-state index >= 15 is 0 Å². The summed E-state index contributed by atoms with van der Waals surface area (Å²) in [6.45, 7) is 2.20. The van der Waals surface area contributed by atoms with Crippen molar-refractivity contribution in [3.05, 3.63) is 0 Å². The Labute approximate surface area is 65.5 Å². The lowest BCUT2D eigenvalue weighted by atomic mass is 9.99. The molecule has 0 aromatic heterocycles. The van der Waals surface area contributed by atoms with Crippen molar-refractivity contribution in [2.75, 3.05) is 0 Å². The Morgan fingerprint density at radius 1 is 1.70 bits per heavy atom. The van der Waals surface area contributed by atoms with Crippen molar-refractivity contribution in [2.24, 2.45) is 22.6 Å². The highest BCUT2D eigenvalue weighted by molar-refractivity contribution is 6.23. The first-order chi connectivity index (χ1) is 4.70. The topological polar surface area (TPSA) is 38.4 Å². The van der Waals surface area contributed by atoms with E-state index in [4.69, 9.17) is 17.3 Å². The van der Waals surface area contributed by atoms with E-state index in [0.29, 0.717) is 17.9 Å². The van der Waals surface area contributed by atoms with E-state index in [0.717, 1.165) is 12.3 Å². The van der Waals surface area contributed by atoms with Crippen LogP contribution in [-0.2, 0) is 0 Å². The Morgan fingerprint density at radius 3 is 3.00 bits per heavy atom. The lowest BCUT2D eigenvalue weighted by Gasteiger charge is -2.13. The highest BCUT2D eigenvalue weighted by Crippen LogP contribution is 2.48. The minimum absolute atomic E-state index is 0.274. The summed E-state index contributed by atoms with van der Waals surface area (Å²) < 4.78 is 0. The molecule has 56 valence electrons. The normalized spacial score (nSPS) is 51.6. The van der Waals surface area contributed by atoms with Gasteiger partial charge in [-0.05, 0) is 5.92 Å². The van der Waals surface area contributed by atoms with E-state index in [1.165, 1.54) is 0 Å². The average molecular weight is 159 g/mol. The molecule has 0 saturated heterocycles. The zero-order valence-corrected chi connectivity index (χ0v) is 6.67. The van der Waals surface area contributed by atoms with Crippen LogP contribution >= 0.6 is 11.6 Å². The van der Waals surface area contributed by atoms with Crippen molar-refractivity contribution in [1.29, 1.82) is 0 Å². The van der Waals surface area contributed by atoms with Crippen LogP contribution in [0.15, 0.2) is 4.99 Å². The van der Waals surface area contributed by atoms with Crippen LogP contribution in [0.5, 0.6) is 0 Å². The molecule has 1 aliphatic carbocycles. The highest BCUT2D eigenvalue weighted by Gasteiger charge is 2.54. The molecule has 1 aliphatic heterocycles. The van der Waals surface area contributed by atoms with Crippen LogP contribution in [-0.4, -0.2) is 17.3 Å². The third kappa shape index (κ3) is 0.749. The average Bonchev–Trinajstić information content (AvgIpc) is 2.42. The first kappa shape index (κ1) is 6.47. The summed E-state index contributed by atoms with van der Waals surface area (Å²) in [5.41, 5.74) is 5.60. The molecule has 2 nitrogen and oxygen atoms in total. The fourth-order valence-electron chi connectivity index (χ4n) is 1.80. The predicted octanol–water partition coefficient (Wildman–Crippen LogP) is 0.989. The number of alkyl halides is 1. The van der Waals surface area contributed by atoms with Crippen molar-refractivity contribution >= 4 is 17.4 Å². The molecule has 0 bridgehead atoms. The van der Waals surface area contributed by atoms with E-state index in [1.807, 2.05) is 0 Å². The molecule has 1 heterocycles. The summed E-state index contributed by atoms with van der Waals surface area (Å²) in [7, 11) is 0. The van der Waals surface area contributed by atoms with Gasteiger partial charge in [-0.1, -0.05) is 6.92 Å². The molecular formula is C7H11ClN2. The van der Waals surface area contributed by atoms with Crippen molar-refractivity contribution < 1.29 is 0 Å². The van der Waals surface area contributed by atoms with Crippen LogP contribution in [0.2, 0.25) is 0 Å². The Morgan fingerprint density at radius 2 is 2.40 bits per heavy atom. The molecule has 1 saturated carbocycles.